The van der Waals surface area contributed by atoms with Crippen molar-refractivity contribution in [2.24, 2.45) is 17.3 Å². The molecule has 30 heavy (non-hydrogen) atoms. The second-order valence-corrected chi connectivity index (χ2v) is 9.33. The third-order valence-corrected chi connectivity index (χ3v) is 6.27. The van der Waals surface area contributed by atoms with Crippen LogP contribution in [-0.4, -0.2) is 22.9 Å². The second-order valence-electron chi connectivity index (χ2n) is 9.33. The van der Waals surface area contributed by atoms with Crippen LogP contribution in [0.25, 0.3) is 0 Å². The molecule has 2 N–H and O–H groups in total. The van der Waals surface area contributed by atoms with Crippen LogP contribution in [-0.2, 0) is 6.42 Å². The molecule has 1 aromatic rings. The van der Waals surface area contributed by atoms with Crippen LogP contribution >= 0.6 is 0 Å². The molecule has 1 aromatic carbocycles. The summed E-state index contributed by atoms with van der Waals surface area (Å²) in [7, 11) is 0. The van der Waals surface area contributed by atoms with Gasteiger partial charge in [-0.05, 0) is 62.8 Å². The zero-order valence-corrected chi connectivity index (χ0v) is 19.7. The molecular formula is C28H42O2. The lowest BCUT2D eigenvalue weighted by molar-refractivity contribution is -0.00579. The largest absolute Gasteiger partial charge is 0.396 e. The summed E-state index contributed by atoms with van der Waals surface area (Å²) in [4.78, 5) is 0. The molecule has 2 heteroatoms. The predicted molar refractivity (Wildman–Crippen MR) is 130 cm³/mol. The number of fused-ring (bicyclic) bond motifs is 1. The molecule has 3 aliphatic rings. The van der Waals surface area contributed by atoms with E-state index in [1.807, 2.05) is 50.3 Å². The number of aliphatic hydroxyl groups excluding tert-OH is 2. The van der Waals surface area contributed by atoms with Crippen molar-refractivity contribution in [2.75, 3.05) is 6.61 Å². The normalized spacial score (nSPS) is 21.2. The third-order valence-electron chi connectivity index (χ3n) is 6.27. The Morgan fingerprint density at radius 3 is 2.27 bits per heavy atom. The van der Waals surface area contributed by atoms with Crippen LogP contribution in [0.2, 0.25) is 0 Å². The summed E-state index contributed by atoms with van der Waals surface area (Å²) in [6.45, 7) is 18.6. The minimum Gasteiger partial charge on any atom is -0.396 e. The molecule has 1 saturated carbocycles. The van der Waals surface area contributed by atoms with Crippen molar-refractivity contribution in [3.05, 3.63) is 84.0 Å². The van der Waals surface area contributed by atoms with Gasteiger partial charge in [-0.3, -0.25) is 0 Å². The predicted octanol–water partition coefficient (Wildman–Crippen LogP) is 6.67. The summed E-state index contributed by atoms with van der Waals surface area (Å²) >= 11 is 0. The van der Waals surface area contributed by atoms with Crippen LogP contribution in [0.5, 0.6) is 0 Å². The van der Waals surface area contributed by atoms with E-state index in [4.69, 9.17) is 5.11 Å². The number of hydrogen-bond acceptors (Lipinski definition) is 2. The van der Waals surface area contributed by atoms with E-state index in [0.717, 1.165) is 29.4 Å². The van der Waals surface area contributed by atoms with E-state index in [0.29, 0.717) is 11.8 Å². The lowest BCUT2D eigenvalue weighted by Gasteiger charge is -2.56. The van der Waals surface area contributed by atoms with Gasteiger partial charge in [0.25, 0.3) is 0 Å². The number of allylic oxidation sites excluding steroid dienone is 4. The van der Waals surface area contributed by atoms with Gasteiger partial charge < -0.3 is 10.2 Å². The van der Waals surface area contributed by atoms with Crippen LogP contribution in [0.15, 0.2) is 78.4 Å². The number of aliphatic hydroxyl groups is 2. The first kappa shape index (κ1) is 26.1. The summed E-state index contributed by atoms with van der Waals surface area (Å²) in [6, 6.07) is 9.95. The molecule has 0 spiro atoms. The lowest BCUT2D eigenvalue weighted by atomic mass is 9.49. The van der Waals surface area contributed by atoms with Gasteiger partial charge in [0.15, 0.2) is 0 Å². The molecule has 166 valence electrons. The monoisotopic (exact) mass is 410 g/mol. The maximum Gasteiger partial charge on any atom is 0.0763 e. The highest BCUT2D eigenvalue weighted by Gasteiger charge is 2.49. The van der Waals surface area contributed by atoms with E-state index in [1.165, 1.54) is 18.4 Å². The molecular weight excluding hydrogens is 368 g/mol. The Morgan fingerprint density at radius 2 is 1.87 bits per heavy atom. The van der Waals surface area contributed by atoms with Crippen LogP contribution in [0.3, 0.4) is 0 Å². The highest BCUT2D eigenvalue weighted by Crippen LogP contribution is 2.58. The van der Waals surface area contributed by atoms with Crippen molar-refractivity contribution in [1.82, 2.24) is 0 Å². The Balaban J connectivity index is 0.000000226. The summed E-state index contributed by atoms with van der Waals surface area (Å²) in [5.41, 5.74) is 5.47. The Morgan fingerprint density at radius 1 is 1.23 bits per heavy atom. The average Bonchev–Trinajstić information content (AvgIpc) is 2.69. The molecule has 2 bridgehead atoms. The molecule has 0 aromatic heterocycles. The SMILES string of the molecule is C=CC(=C)C[C@H](O)C=C(C)C.CC1=CCC2CC1C2(C)C.OCCc1ccccc1. The average molecular weight is 411 g/mol. The fourth-order valence-electron chi connectivity index (χ4n) is 4.23. The Kier molecular flexibility index (Phi) is 11.1. The van der Waals surface area contributed by atoms with Gasteiger partial charge in [-0.2, -0.15) is 0 Å². The molecule has 2 nitrogen and oxygen atoms in total. The van der Waals surface area contributed by atoms with E-state index in [-0.39, 0.29) is 6.61 Å². The zero-order chi connectivity index (χ0) is 22.7. The van der Waals surface area contributed by atoms with Gasteiger partial charge in [0.1, 0.15) is 0 Å². The van der Waals surface area contributed by atoms with Gasteiger partial charge in [0.2, 0.25) is 0 Å². The van der Waals surface area contributed by atoms with Gasteiger partial charge in [0, 0.05) is 13.0 Å². The Labute approximate surface area is 184 Å². The third kappa shape index (κ3) is 8.45. The molecule has 1 fully saturated rings. The summed E-state index contributed by atoms with van der Waals surface area (Å²) in [6.07, 6.45) is 9.66. The van der Waals surface area contributed by atoms with Crippen molar-refractivity contribution >= 4 is 0 Å². The first-order valence-corrected chi connectivity index (χ1v) is 11.1. The van der Waals surface area contributed by atoms with E-state index >= 15 is 0 Å². The summed E-state index contributed by atoms with van der Waals surface area (Å²) < 4.78 is 0. The summed E-state index contributed by atoms with van der Waals surface area (Å²) in [5.74, 6) is 1.92. The molecule has 0 amide bonds. The van der Waals surface area contributed by atoms with E-state index in [9.17, 15) is 5.11 Å². The lowest BCUT2D eigenvalue weighted by Crippen LogP contribution is -2.47. The fraction of sp³-hybridized carbons (Fsp3) is 0.500. The van der Waals surface area contributed by atoms with Crippen molar-refractivity contribution < 1.29 is 10.2 Å². The van der Waals surface area contributed by atoms with Gasteiger partial charge >= 0.3 is 0 Å². The minimum atomic E-state index is -0.412. The van der Waals surface area contributed by atoms with Crippen LogP contribution in [0.1, 0.15) is 59.4 Å². The molecule has 0 heterocycles. The molecule has 4 rings (SSSR count). The smallest absolute Gasteiger partial charge is 0.0763 e. The zero-order valence-electron chi connectivity index (χ0n) is 19.7. The molecule has 0 radical (unpaired) electrons. The van der Waals surface area contributed by atoms with Crippen LogP contribution in [0, 0.1) is 17.3 Å². The highest BCUT2D eigenvalue weighted by atomic mass is 16.3. The number of hydrogen-bond donors (Lipinski definition) is 2. The van der Waals surface area contributed by atoms with Crippen molar-refractivity contribution in [3.63, 3.8) is 0 Å². The van der Waals surface area contributed by atoms with Gasteiger partial charge in [0.05, 0.1) is 6.10 Å². The van der Waals surface area contributed by atoms with Crippen molar-refractivity contribution in [3.8, 4) is 0 Å². The van der Waals surface area contributed by atoms with Crippen molar-refractivity contribution in [1.29, 1.82) is 0 Å². The standard InChI is InChI=1S/C10H16O.C10H16.C8H10O/c1-5-9(4)7-10(11)6-8(2)3;1-7-4-5-8-6-9(7)10(8,2)3;9-7-6-8-4-2-1-3-5-8/h5-6,10-11H,1,4,7H2,2-3H3;4,8-9H,5-6H2,1-3H3;1-5,9H,6-7H2/t10-;;/m1../s1. The first-order valence-electron chi connectivity index (χ1n) is 11.1. The maximum absolute atomic E-state index is 9.34. The second kappa shape index (κ2) is 12.7. The minimum absolute atomic E-state index is 0.240. The quantitative estimate of drug-likeness (QED) is 0.406. The van der Waals surface area contributed by atoms with Gasteiger partial charge in [-0.1, -0.05) is 92.3 Å². The van der Waals surface area contributed by atoms with Gasteiger partial charge in [-0.15, -0.1) is 0 Å². The van der Waals surface area contributed by atoms with Crippen LogP contribution < -0.4 is 0 Å². The Bertz CT molecular complexity index is 720. The highest BCUT2D eigenvalue weighted by molar-refractivity contribution is 5.21. The van der Waals surface area contributed by atoms with E-state index in [1.54, 1.807) is 11.6 Å². The maximum atomic E-state index is 9.34. The molecule has 0 saturated heterocycles. The first-order chi connectivity index (χ1) is 14.1. The molecule has 0 aliphatic heterocycles. The number of rotatable bonds is 6. The van der Waals surface area contributed by atoms with Gasteiger partial charge in [-0.25, -0.2) is 0 Å². The van der Waals surface area contributed by atoms with Crippen LogP contribution in [0.4, 0.5) is 0 Å². The molecule has 2 unspecified atom stereocenters. The van der Waals surface area contributed by atoms with E-state index < -0.39 is 6.10 Å². The fourth-order valence-corrected chi connectivity index (χ4v) is 4.23. The molecule has 3 atom stereocenters. The molecule has 3 aliphatic carbocycles. The Hall–Kier alpha value is -1.90. The summed E-state index contributed by atoms with van der Waals surface area (Å²) in [5, 5.41) is 17.9. The van der Waals surface area contributed by atoms with Crippen molar-refractivity contribution in [2.45, 2.75) is 66.4 Å². The van der Waals surface area contributed by atoms with E-state index in [2.05, 4.69) is 40.0 Å². The topological polar surface area (TPSA) is 40.5 Å². The number of benzene rings is 1.